The summed E-state index contributed by atoms with van der Waals surface area (Å²) >= 11 is 1.73. The minimum Gasteiger partial charge on any atom is -0.383 e. The van der Waals surface area contributed by atoms with Crippen LogP contribution in [0.25, 0.3) is 21.0 Å². The SMILES string of the molecule is Cc1cc2c(N)nccc2c(C)c1CNc1cc(NCc2cc3cc(C4CC4)cnc3s2)ncn1. The second-order valence-electron chi connectivity index (χ2n) is 9.23. The normalized spacial score (nSPS) is 13.4. The molecule has 176 valence electrons. The van der Waals surface area contributed by atoms with Crippen molar-refractivity contribution in [1.82, 2.24) is 19.9 Å². The Kier molecular flexibility index (Phi) is 5.45. The molecule has 35 heavy (non-hydrogen) atoms. The molecule has 4 N–H and O–H groups in total. The third kappa shape index (κ3) is 4.37. The molecule has 0 unspecified atom stereocenters. The number of aryl methyl sites for hydroxylation is 2. The van der Waals surface area contributed by atoms with E-state index in [1.54, 1.807) is 23.9 Å². The molecular weight excluding hydrogens is 454 g/mol. The number of nitrogens with two attached hydrogens (primary N) is 1. The third-order valence-corrected chi connectivity index (χ3v) is 7.82. The molecule has 1 fully saturated rings. The first kappa shape index (κ1) is 21.7. The van der Waals surface area contributed by atoms with Gasteiger partial charge in [-0.25, -0.2) is 19.9 Å². The molecule has 0 spiro atoms. The minimum atomic E-state index is 0.567. The van der Waals surface area contributed by atoms with Crippen LogP contribution in [-0.2, 0) is 13.1 Å². The zero-order valence-electron chi connectivity index (χ0n) is 19.8. The average Bonchev–Trinajstić information content (AvgIpc) is 3.63. The summed E-state index contributed by atoms with van der Waals surface area (Å²) in [6.07, 6.45) is 7.98. The Morgan fingerprint density at radius 2 is 1.74 bits per heavy atom. The number of nitrogens with one attached hydrogen (secondary N) is 2. The molecule has 8 heteroatoms. The van der Waals surface area contributed by atoms with Gasteiger partial charge in [-0.05, 0) is 84.5 Å². The quantitative estimate of drug-likeness (QED) is 0.265. The van der Waals surface area contributed by atoms with E-state index in [9.17, 15) is 0 Å². The fraction of sp³-hybridized carbons (Fsp3) is 0.259. The third-order valence-electron chi connectivity index (χ3n) is 6.76. The molecule has 1 saturated carbocycles. The van der Waals surface area contributed by atoms with E-state index < -0.39 is 0 Å². The molecule has 5 aromatic rings. The van der Waals surface area contributed by atoms with Crippen molar-refractivity contribution in [3.8, 4) is 0 Å². The fourth-order valence-electron chi connectivity index (χ4n) is 4.64. The lowest BCUT2D eigenvalue weighted by molar-refractivity contribution is 1.05. The molecule has 7 nitrogen and oxygen atoms in total. The highest BCUT2D eigenvalue weighted by Crippen LogP contribution is 2.41. The van der Waals surface area contributed by atoms with E-state index in [1.807, 2.05) is 18.3 Å². The lowest BCUT2D eigenvalue weighted by Crippen LogP contribution is -2.07. The summed E-state index contributed by atoms with van der Waals surface area (Å²) in [6, 6.07) is 10.6. The van der Waals surface area contributed by atoms with E-state index in [1.165, 1.54) is 45.4 Å². The first-order valence-electron chi connectivity index (χ1n) is 11.9. The number of rotatable bonds is 7. The van der Waals surface area contributed by atoms with Crippen LogP contribution in [0.3, 0.4) is 0 Å². The Hall–Kier alpha value is -3.78. The van der Waals surface area contributed by atoms with Crippen LogP contribution in [0.5, 0.6) is 0 Å². The van der Waals surface area contributed by atoms with Gasteiger partial charge in [0.15, 0.2) is 0 Å². The highest BCUT2D eigenvalue weighted by molar-refractivity contribution is 7.18. The lowest BCUT2D eigenvalue weighted by Gasteiger charge is -2.15. The van der Waals surface area contributed by atoms with E-state index in [0.29, 0.717) is 18.9 Å². The number of fused-ring (bicyclic) bond motifs is 2. The van der Waals surface area contributed by atoms with Gasteiger partial charge in [-0.2, -0.15) is 0 Å². The number of hydrogen-bond acceptors (Lipinski definition) is 8. The van der Waals surface area contributed by atoms with E-state index >= 15 is 0 Å². The molecule has 1 aromatic carbocycles. The van der Waals surface area contributed by atoms with Gasteiger partial charge in [0.25, 0.3) is 0 Å². The number of hydrogen-bond donors (Lipinski definition) is 3. The van der Waals surface area contributed by atoms with Gasteiger partial charge in [-0.1, -0.05) is 0 Å². The Morgan fingerprint density at radius 3 is 2.54 bits per heavy atom. The molecule has 0 atom stereocenters. The van der Waals surface area contributed by atoms with Crippen LogP contribution in [0.1, 0.15) is 45.9 Å². The number of thiophene rings is 1. The van der Waals surface area contributed by atoms with E-state index in [2.05, 4.69) is 62.6 Å². The Balaban J connectivity index is 1.15. The molecule has 0 aliphatic heterocycles. The van der Waals surface area contributed by atoms with Crippen molar-refractivity contribution in [3.63, 3.8) is 0 Å². The van der Waals surface area contributed by atoms with Crippen LogP contribution < -0.4 is 16.4 Å². The van der Waals surface area contributed by atoms with Gasteiger partial charge < -0.3 is 16.4 Å². The van der Waals surface area contributed by atoms with Crippen molar-refractivity contribution in [1.29, 1.82) is 0 Å². The Morgan fingerprint density at radius 1 is 0.943 bits per heavy atom. The minimum absolute atomic E-state index is 0.567. The summed E-state index contributed by atoms with van der Waals surface area (Å²) in [7, 11) is 0. The van der Waals surface area contributed by atoms with Crippen molar-refractivity contribution in [3.05, 3.63) is 76.2 Å². The van der Waals surface area contributed by atoms with E-state index in [4.69, 9.17) is 5.73 Å². The highest BCUT2D eigenvalue weighted by Gasteiger charge is 2.24. The van der Waals surface area contributed by atoms with Gasteiger partial charge in [-0.3, -0.25) is 0 Å². The lowest BCUT2D eigenvalue weighted by atomic mass is 9.96. The van der Waals surface area contributed by atoms with E-state index in [0.717, 1.165) is 33.2 Å². The van der Waals surface area contributed by atoms with Gasteiger partial charge in [0.05, 0.1) is 6.54 Å². The summed E-state index contributed by atoms with van der Waals surface area (Å²) in [5, 5.41) is 10.3. The van der Waals surface area contributed by atoms with Crippen molar-refractivity contribution < 1.29 is 0 Å². The van der Waals surface area contributed by atoms with Crippen molar-refractivity contribution in [2.75, 3.05) is 16.4 Å². The summed E-state index contributed by atoms with van der Waals surface area (Å²) in [4.78, 5) is 20.0. The molecular formula is C27H27N7S. The molecule has 6 rings (SSSR count). The standard InChI is InChI=1S/C27H27N7S/c1-15-7-22-21(5-6-29-26(22)28)16(2)23(15)13-31-25-10-24(33-14-34-25)30-12-20-9-18-8-19(17-3-4-17)11-32-27(18)35-20/h5-11,14,17H,3-4,12-13H2,1-2H3,(H2,28,29)(H2,30,31,33,34). The van der Waals surface area contributed by atoms with Crippen LogP contribution in [0.4, 0.5) is 17.5 Å². The maximum Gasteiger partial charge on any atom is 0.131 e. The molecule has 1 aliphatic carbocycles. The van der Waals surface area contributed by atoms with Gasteiger partial charge in [-0.15, -0.1) is 11.3 Å². The van der Waals surface area contributed by atoms with Gasteiger partial charge >= 0.3 is 0 Å². The summed E-state index contributed by atoms with van der Waals surface area (Å²) in [5.74, 6) is 2.86. The number of aromatic nitrogens is 4. The van der Waals surface area contributed by atoms with Gasteiger partial charge in [0, 0.05) is 40.7 Å². The average molecular weight is 482 g/mol. The van der Waals surface area contributed by atoms with Gasteiger partial charge in [0.2, 0.25) is 0 Å². The van der Waals surface area contributed by atoms with Crippen molar-refractivity contribution >= 4 is 49.8 Å². The predicted molar refractivity (Wildman–Crippen MR) is 144 cm³/mol. The van der Waals surface area contributed by atoms with E-state index in [-0.39, 0.29) is 0 Å². The van der Waals surface area contributed by atoms with Crippen LogP contribution in [0.2, 0.25) is 0 Å². The Labute approximate surface area is 207 Å². The predicted octanol–water partition coefficient (Wildman–Crippen LogP) is 5.94. The number of anilines is 3. The first-order chi connectivity index (χ1) is 17.0. The molecule has 0 saturated heterocycles. The molecule has 0 radical (unpaired) electrons. The molecule has 4 aromatic heterocycles. The number of nitrogen functional groups attached to an aromatic ring is 1. The van der Waals surface area contributed by atoms with Crippen molar-refractivity contribution in [2.24, 2.45) is 0 Å². The van der Waals surface area contributed by atoms with Gasteiger partial charge in [0.1, 0.15) is 28.6 Å². The summed E-state index contributed by atoms with van der Waals surface area (Å²) in [6.45, 7) is 5.61. The summed E-state index contributed by atoms with van der Waals surface area (Å²) in [5.41, 5.74) is 11.1. The van der Waals surface area contributed by atoms with Crippen LogP contribution in [0, 0.1) is 13.8 Å². The molecule has 4 heterocycles. The molecule has 0 bridgehead atoms. The Bertz CT molecular complexity index is 1550. The zero-order valence-corrected chi connectivity index (χ0v) is 20.6. The van der Waals surface area contributed by atoms with Crippen LogP contribution >= 0.6 is 11.3 Å². The molecule has 0 amide bonds. The molecule has 1 aliphatic rings. The van der Waals surface area contributed by atoms with Crippen LogP contribution in [0.15, 0.2) is 49.1 Å². The maximum atomic E-state index is 6.09. The number of benzene rings is 1. The summed E-state index contributed by atoms with van der Waals surface area (Å²) < 4.78 is 0. The monoisotopic (exact) mass is 481 g/mol. The number of pyridine rings is 2. The second-order valence-corrected chi connectivity index (χ2v) is 10.3. The topological polar surface area (TPSA) is 102 Å². The first-order valence-corrected chi connectivity index (χ1v) is 12.7. The van der Waals surface area contributed by atoms with Crippen LogP contribution in [-0.4, -0.2) is 19.9 Å². The maximum absolute atomic E-state index is 6.09. The smallest absolute Gasteiger partial charge is 0.131 e. The van der Waals surface area contributed by atoms with Crippen molar-refractivity contribution in [2.45, 2.75) is 45.7 Å². The number of nitrogens with zero attached hydrogens (tertiary/aromatic N) is 4. The zero-order chi connectivity index (χ0) is 23.9. The largest absolute Gasteiger partial charge is 0.383 e. The highest BCUT2D eigenvalue weighted by atomic mass is 32.1. The second kappa shape index (κ2) is 8.78. The fourth-order valence-corrected chi connectivity index (χ4v) is 5.56.